The van der Waals surface area contributed by atoms with Gasteiger partial charge in [0.25, 0.3) is 0 Å². The molecule has 0 aliphatic heterocycles. The highest BCUT2D eigenvalue weighted by atomic mass is 16.5. The van der Waals surface area contributed by atoms with E-state index in [2.05, 4.69) is 4.98 Å². The van der Waals surface area contributed by atoms with Crippen LogP contribution in [0.4, 0.5) is 0 Å². The molecule has 0 aliphatic rings. The maximum Gasteiger partial charge on any atom is 0.306 e. The first-order valence-electron chi connectivity index (χ1n) is 5.97. The van der Waals surface area contributed by atoms with Gasteiger partial charge in [-0.25, -0.2) is 0 Å². The van der Waals surface area contributed by atoms with Crippen molar-refractivity contribution >= 4 is 22.7 Å². The van der Waals surface area contributed by atoms with Gasteiger partial charge in [-0.2, -0.15) is 0 Å². The Bertz CT molecular complexity index is 571. The van der Waals surface area contributed by atoms with Crippen LogP contribution in [0.5, 0.6) is 0 Å². The van der Waals surface area contributed by atoms with Crippen LogP contribution in [0.2, 0.25) is 0 Å². The number of ketones is 1. The van der Waals surface area contributed by atoms with Gasteiger partial charge in [-0.05, 0) is 13.0 Å². The smallest absolute Gasteiger partial charge is 0.306 e. The Labute approximate surface area is 105 Å². The Kier molecular flexibility index (Phi) is 3.77. The molecule has 0 unspecified atom stereocenters. The minimum absolute atomic E-state index is 0.0412. The predicted octanol–water partition coefficient (Wildman–Crippen LogP) is 2.69. The Morgan fingerprint density at radius 3 is 2.78 bits per heavy atom. The van der Waals surface area contributed by atoms with E-state index in [-0.39, 0.29) is 24.6 Å². The number of H-pyrrole nitrogens is 1. The SMILES string of the molecule is CCOC(=O)CCC(=O)c1c[nH]c2ccccc12. The molecule has 2 aromatic rings. The number of carbonyl (C=O) groups is 2. The predicted molar refractivity (Wildman–Crippen MR) is 68.5 cm³/mol. The van der Waals surface area contributed by atoms with Crippen molar-refractivity contribution in [2.75, 3.05) is 6.61 Å². The molecule has 1 aromatic carbocycles. The molecule has 1 heterocycles. The number of para-hydroxylation sites is 1. The highest BCUT2D eigenvalue weighted by Gasteiger charge is 2.13. The Morgan fingerprint density at radius 1 is 1.22 bits per heavy atom. The first-order valence-corrected chi connectivity index (χ1v) is 5.97. The third-order valence-electron chi connectivity index (χ3n) is 2.75. The van der Waals surface area contributed by atoms with Crippen molar-refractivity contribution in [3.05, 3.63) is 36.0 Å². The maximum absolute atomic E-state index is 12.0. The van der Waals surface area contributed by atoms with E-state index in [0.29, 0.717) is 12.2 Å². The van der Waals surface area contributed by atoms with Crippen LogP contribution in [-0.4, -0.2) is 23.3 Å². The normalized spacial score (nSPS) is 10.5. The summed E-state index contributed by atoms with van der Waals surface area (Å²) in [5.41, 5.74) is 1.56. The van der Waals surface area contributed by atoms with Crippen molar-refractivity contribution in [3.8, 4) is 0 Å². The van der Waals surface area contributed by atoms with E-state index >= 15 is 0 Å². The molecule has 0 saturated carbocycles. The second-order valence-corrected chi connectivity index (χ2v) is 3.98. The molecule has 1 N–H and O–H groups in total. The molecule has 94 valence electrons. The van der Waals surface area contributed by atoms with Gasteiger partial charge in [0.1, 0.15) is 0 Å². The van der Waals surface area contributed by atoms with Crippen molar-refractivity contribution in [1.29, 1.82) is 0 Å². The molecule has 1 aromatic heterocycles. The zero-order valence-corrected chi connectivity index (χ0v) is 10.2. The van der Waals surface area contributed by atoms with Crippen LogP contribution in [0.1, 0.15) is 30.1 Å². The average Bonchev–Trinajstić information content (AvgIpc) is 2.80. The number of esters is 1. The highest BCUT2D eigenvalue weighted by molar-refractivity contribution is 6.08. The molecular formula is C14H15NO3. The van der Waals surface area contributed by atoms with Crippen molar-refractivity contribution in [3.63, 3.8) is 0 Å². The van der Waals surface area contributed by atoms with E-state index in [1.54, 1.807) is 13.1 Å². The summed E-state index contributed by atoms with van der Waals surface area (Å²) in [5, 5.41) is 0.895. The average molecular weight is 245 g/mol. The first-order chi connectivity index (χ1) is 8.72. The topological polar surface area (TPSA) is 59.2 Å². The van der Waals surface area contributed by atoms with Crippen molar-refractivity contribution in [1.82, 2.24) is 4.98 Å². The number of carbonyl (C=O) groups excluding carboxylic acids is 2. The number of aromatic amines is 1. The number of hydrogen-bond acceptors (Lipinski definition) is 3. The van der Waals surface area contributed by atoms with Gasteiger partial charge >= 0.3 is 5.97 Å². The minimum Gasteiger partial charge on any atom is -0.466 e. The summed E-state index contributed by atoms with van der Waals surface area (Å²) >= 11 is 0. The summed E-state index contributed by atoms with van der Waals surface area (Å²) in [4.78, 5) is 26.2. The Hall–Kier alpha value is -2.10. The van der Waals surface area contributed by atoms with E-state index in [4.69, 9.17) is 4.74 Å². The molecule has 0 radical (unpaired) electrons. The summed E-state index contributed by atoms with van der Waals surface area (Å²) in [6, 6.07) is 7.60. The van der Waals surface area contributed by atoms with E-state index in [1.807, 2.05) is 24.3 Å². The van der Waals surface area contributed by atoms with Crippen LogP contribution >= 0.6 is 0 Å². The van der Waals surface area contributed by atoms with Crippen molar-refractivity contribution in [2.45, 2.75) is 19.8 Å². The number of nitrogens with one attached hydrogen (secondary N) is 1. The quantitative estimate of drug-likeness (QED) is 0.650. The van der Waals surface area contributed by atoms with E-state index in [0.717, 1.165) is 10.9 Å². The van der Waals surface area contributed by atoms with Crippen LogP contribution in [0.3, 0.4) is 0 Å². The van der Waals surface area contributed by atoms with Crippen LogP contribution in [0.25, 0.3) is 10.9 Å². The molecule has 0 aliphatic carbocycles. The van der Waals surface area contributed by atoms with Crippen molar-refractivity contribution < 1.29 is 14.3 Å². The second kappa shape index (κ2) is 5.49. The molecule has 2 rings (SSSR count). The van der Waals surface area contributed by atoms with Gasteiger partial charge in [0, 0.05) is 29.1 Å². The van der Waals surface area contributed by atoms with E-state index < -0.39 is 0 Å². The zero-order valence-electron chi connectivity index (χ0n) is 10.2. The Morgan fingerprint density at radius 2 is 2.00 bits per heavy atom. The van der Waals surface area contributed by atoms with Gasteiger partial charge in [0.15, 0.2) is 5.78 Å². The molecule has 0 spiro atoms. The standard InChI is InChI=1S/C14H15NO3/c1-2-18-14(17)8-7-13(16)11-9-15-12-6-4-3-5-10(11)12/h3-6,9,15H,2,7-8H2,1H3. The molecule has 4 nitrogen and oxygen atoms in total. The lowest BCUT2D eigenvalue weighted by Gasteiger charge is -2.01. The van der Waals surface area contributed by atoms with Gasteiger partial charge in [-0.1, -0.05) is 18.2 Å². The molecule has 4 heteroatoms. The first kappa shape index (κ1) is 12.4. The zero-order chi connectivity index (χ0) is 13.0. The lowest BCUT2D eigenvalue weighted by atomic mass is 10.1. The van der Waals surface area contributed by atoms with Crippen LogP contribution in [0.15, 0.2) is 30.5 Å². The fourth-order valence-electron chi connectivity index (χ4n) is 1.89. The number of ether oxygens (including phenoxy) is 1. The number of Topliss-reactive ketones (excluding diaryl/α,β-unsaturated/α-hetero) is 1. The van der Waals surface area contributed by atoms with Gasteiger partial charge in [-0.15, -0.1) is 0 Å². The molecule has 0 atom stereocenters. The Balaban J connectivity index is 2.07. The molecule has 0 amide bonds. The number of hydrogen-bond donors (Lipinski definition) is 1. The monoisotopic (exact) mass is 245 g/mol. The lowest BCUT2D eigenvalue weighted by Crippen LogP contribution is -2.07. The van der Waals surface area contributed by atoms with Gasteiger partial charge in [-0.3, -0.25) is 9.59 Å². The maximum atomic E-state index is 12.0. The fourth-order valence-corrected chi connectivity index (χ4v) is 1.89. The van der Waals surface area contributed by atoms with Crippen LogP contribution < -0.4 is 0 Å². The summed E-state index contributed by atoms with van der Waals surface area (Å²) in [6.45, 7) is 2.10. The van der Waals surface area contributed by atoms with Crippen LogP contribution in [0, 0.1) is 0 Å². The van der Waals surface area contributed by atoms with Gasteiger partial charge < -0.3 is 9.72 Å². The molecule has 18 heavy (non-hydrogen) atoms. The highest BCUT2D eigenvalue weighted by Crippen LogP contribution is 2.19. The molecule has 0 saturated heterocycles. The number of rotatable bonds is 5. The number of fused-ring (bicyclic) bond motifs is 1. The summed E-state index contributed by atoms with van der Waals surface area (Å²) in [7, 11) is 0. The largest absolute Gasteiger partial charge is 0.466 e. The summed E-state index contributed by atoms with van der Waals surface area (Å²) in [6.07, 6.45) is 2.00. The molecular weight excluding hydrogens is 230 g/mol. The number of aromatic nitrogens is 1. The van der Waals surface area contributed by atoms with Crippen LogP contribution in [-0.2, 0) is 9.53 Å². The van der Waals surface area contributed by atoms with Gasteiger partial charge in [0.2, 0.25) is 0 Å². The molecule has 0 fully saturated rings. The second-order valence-electron chi connectivity index (χ2n) is 3.98. The number of benzene rings is 1. The molecule has 0 bridgehead atoms. The summed E-state index contributed by atoms with van der Waals surface area (Å²) < 4.78 is 4.80. The third-order valence-corrected chi connectivity index (χ3v) is 2.75. The lowest BCUT2D eigenvalue weighted by molar-refractivity contribution is -0.143. The summed E-state index contributed by atoms with van der Waals surface area (Å²) in [5.74, 6) is -0.369. The van der Waals surface area contributed by atoms with E-state index in [9.17, 15) is 9.59 Å². The van der Waals surface area contributed by atoms with Crippen molar-refractivity contribution in [2.24, 2.45) is 0 Å². The van der Waals surface area contributed by atoms with Gasteiger partial charge in [0.05, 0.1) is 13.0 Å². The van der Waals surface area contributed by atoms with E-state index in [1.165, 1.54) is 0 Å². The third kappa shape index (κ3) is 2.59. The fraction of sp³-hybridized carbons (Fsp3) is 0.286. The minimum atomic E-state index is -0.328.